The molecule has 1 aliphatic rings. The number of ether oxygens (including phenoxy) is 2. The number of benzene rings is 2. The molecule has 0 radical (unpaired) electrons. The molecule has 1 aliphatic carbocycles. The van der Waals surface area contributed by atoms with Crippen molar-refractivity contribution in [3.05, 3.63) is 64.7 Å². The van der Waals surface area contributed by atoms with Gasteiger partial charge in [-0.1, -0.05) is 24.3 Å². The molecule has 0 fully saturated rings. The highest BCUT2D eigenvalue weighted by atomic mass is 35.5. The Morgan fingerprint density at radius 2 is 1.86 bits per heavy atom. The summed E-state index contributed by atoms with van der Waals surface area (Å²) in [6.45, 7) is 6.25. The molecule has 0 amide bonds. The normalized spacial score (nSPS) is 14.2. The van der Waals surface area contributed by atoms with Gasteiger partial charge >= 0.3 is 5.97 Å². The largest absolute Gasteiger partial charge is 0.488 e. The molecule has 8 heteroatoms. The van der Waals surface area contributed by atoms with Gasteiger partial charge in [0.15, 0.2) is 11.6 Å². The monoisotopic (exact) mass is 511 g/mol. The van der Waals surface area contributed by atoms with Crippen molar-refractivity contribution >= 4 is 18.4 Å². The third-order valence-electron chi connectivity index (χ3n) is 6.16. The van der Waals surface area contributed by atoms with Crippen molar-refractivity contribution in [3.8, 4) is 5.75 Å². The molecule has 0 aromatic heterocycles. The van der Waals surface area contributed by atoms with E-state index in [1.165, 1.54) is 17.2 Å². The molecule has 5 nitrogen and oxygen atoms in total. The van der Waals surface area contributed by atoms with E-state index in [1.54, 1.807) is 6.92 Å². The molecule has 2 aromatic carbocycles. The smallest absolute Gasteiger partial charge is 0.306 e. The number of aliphatic hydroxyl groups excluding tert-OH is 1. The summed E-state index contributed by atoms with van der Waals surface area (Å²) in [5.41, 5.74) is 3.05. The Morgan fingerprint density at radius 3 is 2.49 bits per heavy atom. The van der Waals surface area contributed by atoms with Crippen molar-refractivity contribution in [3.63, 3.8) is 0 Å². The molecule has 0 unspecified atom stereocenters. The lowest BCUT2D eigenvalue weighted by molar-refractivity contribution is -0.143. The molecule has 35 heavy (non-hydrogen) atoms. The summed E-state index contributed by atoms with van der Waals surface area (Å²) in [6, 6.07) is 10.9. The maximum atomic E-state index is 14.2. The quantitative estimate of drug-likeness (QED) is 0.401. The molecule has 194 valence electrons. The number of halogens is 3. The van der Waals surface area contributed by atoms with Gasteiger partial charge in [-0.05, 0) is 81.2 Å². The van der Waals surface area contributed by atoms with Gasteiger partial charge < -0.3 is 19.9 Å². The SMILES string of the molecule is CCOC(=O)CCc1cc(F)c(F)c(OC[C@H](O)CNC(C)(C)CC2Cc3ccccc3C2)c1.Cl. The Labute approximate surface area is 212 Å². The number of aliphatic hydroxyl groups is 1. The standard InChI is InChI=1S/C27H35F2NO4.ClH/c1-4-33-25(32)10-9-18-13-23(28)26(29)24(14-18)34-17-22(31)16-30-27(2,3)15-19-11-20-7-5-6-8-21(20)12-19;/h5-8,13-14,19,22,30-31H,4,9-12,15-17H2,1-3H3;1H/t22-;/m1./s1. The summed E-state index contributed by atoms with van der Waals surface area (Å²) in [6.07, 6.45) is 2.44. The van der Waals surface area contributed by atoms with Crippen LogP contribution in [0.25, 0.3) is 0 Å². The molecule has 3 rings (SSSR count). The number of nitrogens with one attached hydrogen (secondary N) is 1. The van der Waals surface area contributed by atoms with E-state index < -0.39 is 23.7 Å². The summed E-state index contributed by atoms with van der Waals surface area (Å²) in [5, 5.41) is 13.8. The second-order valence-corrected chi connectivity index (χ2v) is 9.67. The minimum Gasteiger partial charge on any atom is -0.488 e. The topological polar surface area (TPSA) is 67.8 Å². The Bertz CT molecular complexity index is 961. The summed E-state index contributed by atoms with van der Waals surface area (Å²) in [5.74, 6) is -2.30. The first-order valence-electron chi connectivity index (χ1n) is 11.9. The van der Waals surface area contributed by atoms with Crippen LogP contribution in [-0.2, 0) is 28.8 Å². The third kappa shape index (κ3) is 8.74. The van der Waals surface area contributed by atoms with E-state index in [2.05, 4.69) is 43.4 Å². The maximum Gasteiger partial charge on any atom is 0.306 e. The lowest BCUT2D eigenvalue weighted by Gasteiger charge is -2.30. The van der Waals surface area contributed by atoms with E-state index in [9.17, 15) is 18.7 Å². The molecule has 0 heterocycles. The van der Waals surface area contributed by atoms with Gasteiger partial charge in [0.1, 0.15) is 12.7 Å². The van der Waals surface area contributed by atoms with Crippen molar-refractivity contribution in [2.45, 2.75) is 64.5 Å². The van der Waals surface area contributed by atoms with Crippen molar-refractivity contribution in [2.75, 3.05) is 19.8 Å². The zero-order chi connectivity index (χ0) is 24.7. The van der Waals surface area contributed by atoms with Gasteiger partial charge in [-0.3, -0.25) is 4.79 Å². The van der Waals surface area contributed by atoms with E-state index in [0.717, 1.165) is 25.3 Å². The van der Waals surface area contributed by atoms with Gasteiger partial charge in [0.05, 0.1) is 6.61 Å². The van der Waals surface area contributed by atoms with Crippen LogP contribution in [0.1, 0.15) is 50.3 Å². The number of fused-ring (bicyclic) bond motifs is 1. The maximum absolute atomic E-state index is 14.2. The molecule has 0 saturated carbocycles. The fourth-order valence-corrected chi connectivity index (χ4v) is 4.57. The van der Waals surface area contributed by atoms with Crippen molar-refractivity contribution in [1.82, 2.24) is 5.32 Å². The van der Waals surface area contributed by atoms with Gasteiger partial charge in [0, 0.05) is 18.5 Å². The Balaban J connectivity index is 0.00000432. The summed E-state index contributed by atoms with van der Waals surface area (Å²) in [7, 11) is 0. The number of aryl methyl sites for hydroxylation is 1. The number of hydrogen-bond acceptors (Lipinski definition) is 5. The van der Waals surface area contributed by atoms with Crippen LogP contribution in [0.2, 0.25) is 0 Å². The van der Waals surface area contributed by atoms with Crippen molar-refractivity contribution in [1.29, 1.82) is 0 Å². The summed E-state index contributed by atoms with van der Waals surface area (Å²) < 4.78 is 38.4. The highest BCUT2D eigenvalue weighted by Crippen LogP contribution is 2.32. The van der Waals surface area contributed by atoms with Gasteiger partial charge in [-0.15, -0.1) is 12.4 Å². The first kappa shape index (κ1) is 29.0. The molecule has 2 aromatic rings. The first-order chi connectivity index (χ1) is 16.2. The Hall–Kier alpha value is -2.22. The van der Waals surface area contributed by atoms with E-state index in [4.69, 9.17) is 9.47 Å². The summed E-state index contributed by atoms with van der Waals surface area (Å²) >= 11 is 0. The van der Waals surface area contributed by atoms with E-state index in [-0.39, 0.29) is 56.3 Å². The fourth-order valence-electron chi connectivity index (χ4n) is 4.57. The molecule has 2 N–H and O–H groups in total. The van der Waals surface area contributed by atoms with Crippen LogP contribution in [0.15, 0.2) is 36.4 Å². The molecule has 0 saturated heterocycles. The predicted octanol–water partition coefficient (Wildman–Crippen LogP) is 4.80. The molecule has 0 aliphatic heterocycles. The number of carbonyl (C=O) groups excluding carboxylic acids is 1. The first-order valence-corrected chi connectivity index (χ1v) is 11.9. The second-order valence-electron chi connectivity index (χ2n) is 9.67. The van der Waals surface area contributed by atoms with Gasteiger partial charge in [0.2, 0.25) is 5.82 Å². The zero-order valence-corrected chi connectivity index (χ0v) is 21.4. The minimum absolute atomic E-state index is 0. The minimum atomic E-state index is -1.11. The number of rotatable bonds is 12. The molecular formula is C27H36ClF2NO4. The predicted molar refractivity (Wildman–Crippen MR) is 134 cm³/mol. The third-order valence-corrected chi connectivity index (χ3v) is 6.16. The molecular weight excluding hydrogens is 476 g/mol. The number of esters is 1. The van der Waals surface area contributed by atoms with Crippen molar-refractivity contribution < 1.29 is 28.2 Å². The number of carbonyl (C=O) groups is 1. The number of hydrogen-bond donors (Lipinski definition) is 2. The van der Waals surface area contributed by atoms with Gasteiger partial charge in [-0.2, -0.15) is 4.39 Å². The second kappa shape index (κ2) is 13.2. The van der Waals surface area contributed by atoms with Crippen LogP contribution < -0.4 is 10.1 Å². The van der Waals surface area contributed by atoms with Gasteiger partial charge in [0.25, 0.3) is 0 Å². The fraction of sp³-hybridized carbons (Fsp3) is 0.519. The lowest BCUT2D eigenvalue weighted by Crippen LogP contribution is -2.46. The average Bonchev–Trinajstić information content (AvgIpc) is 3.19. The highest BCUT2D eigenvalue weighted by Gasteiger charge is 2.28. The van der Waals surface area contributed by atoms with Crippen LogP contribution in [-0.4, -0.2) is 42.5 Å². The van der Waals surface area contributed by atoms with Crippen LogP contribution in [0.3, 0.4) is 0 Å². The van der Waals surface area contributed by atoms with E-state index in [1.807, 2.05) is 0 Å². The molecule has 0 spiro atoms. The molecule has 0 bridgehead atoms. The average molecular weight is 512 g/mol. The van der Waals surface area contributed by atoms with Crippen LogP contribution in [0, 0.1) is 17.6 Å². The Kier molecular flexibility index (Phi) is 10.9. The van der Waals surface area contributed by atoms with Crippen molar-refractivity contribution in [2.24, 2.45) is 5.92 Å². The van der Waals surface area contributed by atoms with Crippen LogP contribution in [0.4, 0.5) is 8.78 Å². The van der Waals surface area contributed by atoms with Crippen LogP contribution >= 0.6 is 12.4 Å². The molecule has 1 atom stereocenters. The highest BCUT2D eigenvalue weighted by molar-refractivity contribution is 5.85. The van der Waals surface area contributed by atoms with E-state index in [0.29, 0.717) is 11.5 Å². The summed E-state index contributed by atoms with van der Waals surface area (Å²) in [4.78, 5) is 11.5. The lowest BCUT2D eigenvalue weighted by atomic mass is 9.88. The van der Waals surface area contributed by atoms with E-state index >= 15 is 0 Å². The zero-order valence-electron chi connectivity index (χ0n) is 20.6. The Morgan fingerprint density at radius 1 is 1.20 bits per heavy atom. The van der Waals surface area contributed by atoms with Gasteiger partial charge in [-0.25, -0.2) is 4.39 Å². The van der Waals surface area contributed by atoms with Crippen LogP contribution in [0.5, 0.6) is 5.75 Å². The number of β-amino-alcohol motifs (C(OH)–C–C–N with tert-alkyl or cyclic N) is 1.